The first-order chi connectivity index (χ1) is 9.56. The number of hydrogen-bond donors (Lipinski definition) is 1. The number of esters is 2. The highest BCUT2D eigenvalue weighted by molar-refractivity contribution is 6.02. The molecule has 20 heavy (non-hydrogen) atoms. The van der Waals surface area contributed by atoms with Gasteiger partial charge in [0.15, 0.2) is 0 Å². The van der Waals surface area contributed by atoms with Crippen molar-refractivity contribution in [1.29, 1.82) is 0 Å². The second-order valence-corrected chi connectivity index (χ2v) is 3.46. The van der Waals surface area contributed by atoms with E-state index in [4.69, 9.17) is 9.84 Å². The number of carbonyl (C=O) groups excluding carboxylic acids is 2. The van der Waals surface area contributed by atoms with Crippen LogP contribution in [0, 0.1) is 0 Å². The van der Waals surface area contributed by atoms with Gasteiger partial charge >= 0.3 is 17.9 Å². The molecule has 0 spiro atoms. The summed E-state index contributed by atoms with van der Waals surface area (Å²) in [5, 5.41) is 8.92. The summed E-state index contributed by atoms with van der Waals surface area (Å²) in [6.07, 6.45) is 3.34. The Balaban J connectivity index is 2.58. The van der Waals surface area contributed by atoms with Crippen LogP contribution in [0.1, 0.15) is 20.7 Å². The minimum atomic E-state index is -1.21. The third-order valence-electron chi connectivity index (χ3n) is 2.14. The monoisotopic (exact) mass is 276 g/mol. The van der Waals surface area contributed by atoms with Crippen molar-refractivity contribution in [2.75, 3.05) is 6.61 Å². The van der Waals surface area contributed by atoms with Gasteiger partial charge in [-0.2, -0.15) is 0 Å². The van der Waals surface area contributed by atoms with Gasteiger partial charge in [-0.1, -0.05) is 18.7 Å². The molecule has 104 valence electrons. The molecule has 0 saturated heterocycles. The van der Waals surface area contributed by atoms with Crippen LogP contribution in [0.3, 0.4) is 0 Å². The van der Waals surface area contributed by atoms with Gasteiger partial charge in [-0.25, -0.2) is 14.4 Å². The van der Waals surface area contributed by atoms with E-state index in [0.29, 0.717) is 0 Å². The average molecular weight is 276 g/mol. The Labute approximate surface area is 114 Å². The fourth-order valence-electron chi connectivity index (χ4n) is 1.25. The summed E-state index contributed by atoms with van der Waals surface area (Å²) in [5.41, 5.74) is -0.184. The second kappa shape index (κ2) is 7.52. The number of rotatable bonds is 6. The van der Waals surface area contributed by atoms with Gasteiger partial charge in [0.2, 0.25) is 0 Å². The van der Waals surface area contributed by atoms with Crippen molar-refractivity contribution in [2.24, 2.45) is 0 Å². The zero-order valence-corrected chi connectivity index (χ0v) is 10.4. The van der Waals surface area contributed by atoms with Gasteiger partial charge in [-0.05, 0) is 18.2 Å². The van der Waals surface area contributed by atoms with Crippen LogP contribution in [0.2, 0.25) is 0 Å². The lowest BCUT2D eigenvalue weighted by atomic mass is 10.1. The molecule has 1 aromatic rings. The molecule has 0 radical (unpaired) electrons. The lowest BCUT2D eigenvalue weighted by Crippen LogP contribution is -2.11. The minimum absolute atomic E-state index is 0.0449. The fraction of sp³-hybridized carbons (Fsp3) is 0.0714. The van der Waals surface area contributed by atoms with Gasteiger partial charge in [0.05, 0.1) is 17.4 Å². The van der Waals surface area contributed by atoms with Crippen LogP contribution in [0.4, 0.5) is 0 Å². The standard InChI is InChI=1S/C14H12O6/c1-2-12(15)19-8-5-9-20-14(18)11-7-4-3-6-10(11)13(16)17/h2-8H,1,9H2,(H,16,17). The summed E-state index contributed by atoms with van der Waals surface area (Å²) in [6.45, 7) is 3.05. The Morgan fingerprint density at radius 1 is 1.20 bits per heavy atom. The molecule has 6 heteroatoms. The lowest BCUT2D eigenvalue weighted by molar-refractivity contribution is -0.132. The molecule has 0 aliphatic carbocycles. The number of hydrogen-bond acceptors (Lipinski definition) is 5. The summed E-state index contributed by atoms with van der Waals surface area (Å²) in [5.74, 6) is -2.63. The maximum absolute atomic E-state index is 11.7. The van der Waals surface area contributed by atoms with E-state index in [-0.39, 0.29) is 17.7 Å². The maximum Gasteiger partial charge on any atom is 0.339 e. The van der Waals surface area contributed by atoms with Crippen molar-refractivity contribution in [2.45, 2.75) is 0 Å². The van der Waals surface area contributed by atoms with E-state index >= 15 is 0 Å². The van der Waals surface area contributed by atoms with E-state index in [1.54, 1.807) is 0 Å². The molecular formula is C14H12O6. The van der Waals surface area contributed by atoms with E-state index in [1.165, 1.54) is 30.3 Å². The molecule has 1 N–H and O–H groups in total. The summed E-state index contributed by atoms with van der Waals surface area (Å²) >= 11 is 0. The van der Waals surface area contributed by atoms with Crippen LogP contribution in [0.25, 0.3) is 0 Å². The molecule has 0 unspecified atom stereocenters. The largest absolute Gasteiger partial charge is 0.478 e. The average Bonchev–Trinajstić information content (AvgIpc) is 2.46. The van der Waals surface area contributed by atoms with Crippen molar-refractivity contribution >= 4 is 17.9 Å². The molecule has 0 amide bonds. The molecule has 1 rings (SSSR count). The van der Waals surface area contributed by atoms with Gasteiger partial charge in [-0.15, -0.1) is 0 Å². The molecule has 0 heterocycles. The van der Waals surface area contributed by atoms with Gasteiger partial charge < -0.3 is 14.6 Å². The predicted octanol–water partition coefficient (Wildman–Crippen LogP) is 1.78. The van der Waals surface area contributed by atoms with Crippen LogP contribution in [-0.4, -0.2) is 29.6 Å². The third kappa shape index (κ3) is 4.41. The highest BCUT2D eigenvalue weighted by Crippen LogP contribution is 2.10. The number of carboxylic acid groups (broad SMARTS) is 1. The minimum Gasteiger partial charge on any atom is -0.478 e. The van der Waals surface area contributed by atoms with E-state index < -0.39 is 17.9 Å². The van der Waals surface area contributed by atoms with Crippen LogP contribution < -0.4 is 0 Å². The van der Waals surface area contributed by atoms with Crippen molar-refractivity contribution in [3.63, 3.8) is 0 Å². The second-order valence-electron chi connectivity index (χ2n) is 3.46. The highest BCUT2D eigenvalue weighted by atomic mass is 16.5. The van der Waals surface area contributed by atoms with Crippen molar-refractivity contribution in [3.05, 3.63) is 60.4 Å². The molecule has 0 fully saturated rings. The molecule has 0 aliphatic rings. The molecular weight excluding hydrogens is 264 g/mol. The quantitative estimate of drug-likeness (QED) is 0.484. The normalized spacial score (nSPS) is 10.0. The van der Waals surface area contributed by atoms with Crippen molar-refractivity contribution in [3.8, 4) is 0 Å². The number of benzene rings is 1. The van der Waals surface area contributed by atoms with Crippen molar-refractivity contribution < 1.29 is 29.0 Å². The van der Waals surface area contributed by atoms with E-state index in [9.17, 15) is 14.4 Å². The van der Waals surface area contributed by atoms with Crippen LogP contribution >= 0.6 is 0 Å². The van der Waals surface area contributed by atoms with Crippen LogP contribution in [0.15, 0.2) is 49.3 Å². The molecule has 0 bridgehead atoms. The van der Waals surface area contributed by atoms with Crippen molar-refractivity contribution in [1.82, 2.24) is 0 Å². The summed E-state index contributed by atoms with van der Waals surface area (Å²) < 4.78 is 9.35. The van der Waals surface area contributed by atoms with Gasteiger partial charge in [0.25, 0.3) is 0 Å². The van der Waals surface area contributed by atoms with E-state index in [1.807, 2.05) is 0 Å². The first kappa shape index (κ1) is 15.2. The first-order valence-electron chi connectivity index (χ1n) is 5.53. The SMILES string of the molecule is C=CC(=O)OC=CCOC(=O)c1ccccc1C(=O)O. The van der Waals surface area contributed by atoms with Gasteiger partial charge in [-0.3, -0.25) is 0 Å². The summed E-state index contributed by atoms with van der Waals surface area (Å²) in [6, 6.07) is 5.70. The van der Waals surface area contributed by atoms with Crippen LogP contribution in [-0.2, 0) is 14.3 Å². The molecule has 0 atom stereocenters. The number of ether oxygens (including phenoxy) is 2. The molecule has 1 aromatic carbocycles. The smallest absolute Gasteiger partial charge is 0.339 e. The number of aromatic carboxylic acids is 1. The van der Waals surface area contributed by atoms with E-state index in [2.05, 4.69) is 11.3 Å². The van der Waals surface area contributed by atoms with Gasteiger partial charge in [0, 0.05) is 6.08 Å². The predicted molar refractivity (Wildman–Crippen MR) is 69.1 cm³/mol. The Morgan fingerprint density at radius 3 is 2.45 bits per heavy atom. The third-order valence-corrected chi connectivity index (χ3v) is 2.14. The van der Waals surface area contributed by atoms with Gasteiger partial charge in [0.1, 0.15) is 6.61 Å². The first-order valence-corrected chi connectivity index (χ1v) is 5.53. The Morgan fingerprint density at radius 2 is 1.85 bits per heavy atom. The topological polar surface area (TPSA) is 89.9 Å². The molecule has 0 aliphatic heterocycles. The lowest BCUT2D eigenvalue weighted by Gasteiger charge is -2.04. The number of carboxylic acids is 1. The molecule has 6 nitrogen and oxygen atoms in total. The van der Waals surface area contributed by atoms with Crippen LogP contribution in [0.5, 0.6) is 0 Å². The molecule has 0 aromatic heterocycles. The Bertz CT molecular complexity index is 559. The van der Waals surface area contributed by atoms with E-state index in [0.717, 1.165) is 12.3 Å². The Kier molecular flexibility index (Phi) is 5.71. The number of carbonyl (C=O) groups is 3. The summed E-state index contributed by atoms with van der Waals surface area (Å²) in [7, 11) is 0. The summed E-state index contributed by atoms with van der Waals surface area (Å²) in [4.78, 5) is 33.3. The zero-order valence-electron chi connectivity index (χ0n) is 10.4. The molecule has 0 saturated carbocycles. The maximum atomic E-state index is 11.7. The highest BCUT2D eigenvalue weighted by Gasteiger charge is 2.16. The zero-order chi connectivity index (χ0) is 15.0. The fourth-order valence-corrected chi connectivity index (χ4v) is 1.25. The Hall–Kier alpha value is -2.89.